The lowest BCUT2D eigenvalue weighted by molar-refractivity contribution is -0.164. The molecule has 0 amide bonds. The minimum atomic E-state index is -0.303. The van der Waals surface area contributed by atoms with Crippen molar-refractivity contribution in [1.82, 2.24) is 0 Å². The number of rotatable bonds is 1. The first-order valence-corrected chi connectivity index (χ1v) is 10.2. The van der Waals surface area contributed by atoms with Gasteiger partial charge in [-0.25, -0.2) is 0 Å². The van der Waals surface area contributed by atoms with Crippen molar-refractivity contribution < 1.29 is 14.3 Å². The van der Waals surface area contributed by atoms with Crippen molar-refractivity contribution in [3.63, 3.8) is 0 Å². The van der Waals surface area contributed by atoms with E-state index in [0.29, 0.717) is 17.6 Å². The third-order valence-electron chi connectivity index (χ3n) is 8.13. The fourth-order valence-corrected chi connectivity index (χ4v) is 6.96. The second-order valence-electron chi connectivity index (χ2n) is 9.23. The molecule has 3 heteroatoms. The van der Waals surface area contributed by atoms with E-state index in [1.807, 2.05) is 0 Å². The molecule has 1 heterocycles. The van der Waals surface area contributed by atoms with Crippen LogP contribution in [-0.4, -0.2) is 24.8 Å². The fourth-order valence-electron chi connectivity index (χ4n) is 6.96. The summed E-state index contributed by atoms with van der Waals surface area (Å²) in [7, 11) is 0. The first kappa shape index (κ1) is 16.3. The lowest BCUT2D eigenvalue weighted by atomic mass is 9.57. The van der Waals surface area contributed by atoms with Gasteiger partial charge in [0.15, 0.2) is 5.79 Å². The van der Waals surface area contributed by atoms with Gasteiger partial charge in [-0.05, 0) is 73.8 Å². The predicted octanol–water partition coefficient (Wildman–Crippen LogP) is 4.57. The average Bonchev–Trinajstić information content (AvgIpc) is 3.18. The van der Waals surface area contributed by atoms with Crippen molar-refractivity contribution in [2.24, 2.45) is 23.2 Å². The Labute approximate surface area is 150 Å². The molecule has 0 N–H and O–H groups in total. The quantitative estimate of drug-likeness (QED) is 0.700. The summed E-state index contributed by atoms with van der Waals surface area (Å²) in [5.41, 5.74) is 5.07. The zero-order valence-electron chi connectivity index (χ0n) is 15.6. The van der Waals surface area contributed by atoms with Gasteiger partial charge in [-0.2, -0.15) is 0 Å². The number of ether oxygens (including phenoxy) is 2. The summed E-state index contributed by atoms with van der Waals surface area (Å²) >= 11 is 0. The van der Waals surface area contributed by atoms with E-state index in [-0.39, 0.29) is 17.1 Å². The van der Waals surface area contributed by atoms with E-state index in [1.54, 1.807) is 23.6 Å². The molecular formula is C22H30O3. The standard InChI is InChI=1S/C22H30O3/c1-14(23)19-5-6-20-18-4-3-15-13-22(24-11-12-25-22)10-8-16(15)17(18)7-9-21(19,20)2/h7,18-20H,3-6,8-13H2,1-2H3/t18?,19-,20?,21-/m1/s1. The molecule has 1 saturated heterocycles. The molecule has 5 rings (SSSR count). The van der Waals surface area contributed by atoms with Crippen LogP contribution >= 0.6 is 0 Å². The molecule has 0 bridgehead atoms. The van der Waals surface area contributed by atoms with Crippen LogP contribution in [0.3, 0.4) is 0 Å². The summed E-state index contributed by atoms with van der Waals surface area (Å²) < 4.78 is 12.0. The number of carbonyl (C=O) groups is 1. The molecule has 0 aromatic rings. The van der Waals surface area contributed by atoms with Gasteiger partial charge in [0.1, 0.15) is 5.78 Å². The SMILES string of the molecule is CC(=O)[C@H]1CCC2C3CCC4=C(CCC5(C4)OCCO5)C3=CC[C@@]21C. The second kappa shape index (κ2) is 5.53. The number of hydrogen-bond donors (Lipinski definition) is 0. The van der Waals surface area contributed by atoms with Crippen LogP contribution < -0.4 is 0 Å². The third-order valence-corrected chi connectivity index (χ3v) is 8.13. The molecule has 1 saturated carbocycles. The third kappa shape index (κ3) is 2.28. The van der Waals surface area contributed by atoms with Crippen molar-refractivity contribution in [3.05, 3.63) is 22.8 Å². The molecule has 3 nitrogen and oxygen atoms in total. The fraction of sp³-hybridized carbons (Fsp3) is 0.773. The zero-order valence-corrected chi connectivity index (χ0v) is 15.6. The van der Waals surface area contributed by atoms with Crippen LogP contribution in [0.5, 0.6) is 0 Å². The maximum atomic E-state index is 12.2. The summed E-state index contributed by atoms with van der Waals surface area (Å²) in [5.74, 6) is 1.77. The van der Waals surface area contributed by atoms with Crippen molar-refractivity contribution in [3.8, 4) is 0 Å². The molecule has 2 fully saturated rings. The molecule has 0 aromatic heterocycles. The van der Waals surface area contributed by atoms with Gasteiger partial charge in [-0.3, -0.25) is 4.79 Å². The maximum Gasteiger partial charge on any atom is 0.172 e. The van der Waals surface area contributed by atoms with Gasteiger partial charge in [0, 0.05) is 18.8 Å². The monoisotopic (exact) mass is 342 g/mol. The van der Waals surface area contributed by atoms with E-state index in [4.69, 9.17) is 9.47 Å². The minimum absolute atomic E-state index is 0.200. The number of fused-ring (bicyclic) bond motifs is 4. The van der Waals surface area contributed by atoms with Crippen LogP contribution in [0.15, 0.2) is 22.8 Å². The molecule has 4 atom stereocenters. The van der Waals surface area contributed by atoms with E-state index >= 15 is 0 Å². The zero-order chi connectivity index (χ0) is 17.2. The minimum Gasteiger partial charge on any atom is -0.347 e. The number of allylic oxidation sites excluding steroid dienone is 3. The normalized spacial score (nSPS) is 42.0. The van der Waals surface area contributed by atoms with Gasteiger partial charge in [-0.1, -0.05) is 18.6 Å². The van der Waals surface area contributed by atoms with Crippen LogP contribution in [0, 0.1) is 23.2 Å². The molecule has 5 aliphatic rings. The van der Waals surface area contributed by atoms with E-state index < -0.39 is 0 Å². The van der Waals surface area contributed by atoms with Crippen LogP contribution in [0.4, 0.5) is 0 Å². The molecule has 0 aromatic carbocycles. The summed E-state index contributed by atoms with van der Waals surface area (Å²) in [6, 6.07) is 0. The molecule has 2 unspecified atom stereocenters. The highest BCUT2D eigenvalue weighted by Gasteiger charge is 2.54. The van der Waals surface area contributed by atoms with Crippen LogP contribution in [0.25, 0.3) is 0 Å². The maximum absolute atomic E-state index is 12.2. The Morgan fingerprint density at radius 2 is 1.96 bits per heavy atom. The topological polar surface area (TPSA) is 35.5 Å². The highest BCUT2D eigenvalue weighted by molar-refractivity contribution is 5.79. The van der Waals surface area contributed by atoms with E-state index in [1.165, 1.54) is 19.3 Å². The van der Waals surface area contributed by atoms with Crippen molar-refractivity contribution in [1.29, 1.82) is 0 Å². The Morgan fingerprint density at radius 1 is 1.16 bits per heavy atom. The van der Waals surface area contributed by atoms with Crippen molar-refractivity contribution in [2.45, 2.75) is 71.0 Å². The van der Waals surface area contributed by atoms with Crippen LogP contribution in [-0.2, 0) is 14.3 Å². The number of Topliss-reactive ketones (excluding diaryl/α,β-unsaturated/α-hetero) is 1. The summed E-state index contributed by atoms with van der Waals surface area (Å²) in [6.45, 7) is 5.70. The largest absolute Gasteiger partial charge is 0.347 e. The molecule has 1 spiro atoms. The smallest absolute Gasteiger partial charge is 0.172 e. The van der Waals surface area contributed by atoms with Crippen molar-refractivity contribution in [2.75, 3.05) is 13.2 Å². The van der Waals surface area contributed by atoms with Gasteiger partial charge in [-0.15, -0.1) is 0 Å². The Balaban J connectivity index is 1.47. The highest BCUT2D eigenvalue weighted by atomic mass is 16.7. The van der Waals surface area contributed by atoms with E-state index in [9.17, 15) is 4.79 Å². The Morgan fingerprint density at radius 3 is 2.72 bits per heavy atom. The van der Waals surface area contributed by atoms with Gasteiger partial charge < -0.3 is 9.47 Å². The lowest BCUT2D eigenvalue weighted by Crippen LogP contribution is -2.42. The first-order chi connectivity index (χ1) is 12.0. The first-order valence-electron chi connectivity index (χ1n) is 10.2. The van der Waals surface area contributed by atoms with E-state index in [2.05, 4.69) is 13.0 Å². The summed E-state index contributed by atoms with van der Waals surface area (Å²) in [6.07, 6.45) is 11.5. The molecule has 4 aliphatic carbocycles. The Kier molecular flexibility index (Phi) is 3.60. The second-order valence-corrected chi connectivity index (χ2v) is 9.23. The number of carbonyl (C=O) groups excluding carboxylic acids is 1. The van der Waals surface area contributed by atoms with Gasteiger partial charge in [0.25, 0.3) is 0 Å². The van der Waals surface area contributed by atoms with Gasteiger partial charge in [0.2, 0.25) is 0 Å². The van der Waals surface area contributed by atoms with E-state index in [0.717, 1.165) is 45.3 Å². The van der Waals surface area contributed by atoms with Gasteiger partial charge >= 0.3 is 0 Å². The Bertz CT molecular complexity index is 667. The molecule has 136 valence electrons. The molecule has 1 aliphatic heterocycles. The molecule has 25 heavy (non-hydrogen) atoms. The lowest BCUT2D eigenvalue weighted by Gasteiger charge is -2.48. The summed E-state index contributed by atoms with van der Waals surface area (Å²) in [5, 5.41) is 0. The molecule has 0 radical (unpaired) electrons. The molecular weight excluding hydrogens is 312 g/mol. The average molecular weight is 342 g/mol. The summed E-state index contributed by atoms with van der Waals surface area (Å²) in [4.78, 5) is 12.2. The highest BCUT2D eigenvalue weighted by Crippen LogP contribution is 2.61. The van der Waals surface area contributed by atoms with Crippen LogP contribution in [0.2, 0.25) is 0 Å². The van der Waals surface area contributed by atoms with Crippen molar-refractivity contribution >= 4 is 5.78 Å². The number of ketones is 1. The number of hydrogen-bond acceptors (Lipinski definition) is 3. The van der Waals surface area contributed by atoms with Gasteiger partial charge in [0.05, 0.1) is 13.2 Å². The predicted molar refractivity (Wildman–Crippen MR) is 95.9 cm³/mol. The Hall–Kier alpha value is -0.930. The van der Waals surface area contributed by atoms with Crippen LogP contribution in [0.1, 0.15) is 65.2 Å².